The van der Waals surface area contributed by atoms with Crippen LogP contribution in [-0.2, 0) is 0 Å². The van der Waals surface area contributed by atoms with Gasteiger partial charge >= 0.3 is 0 Å². The molecule has 0 spiro atoms. The molecule has 172 valence electrons. The first kappa shape index (κ1) is 24.6. The molecule has 0 aromatic carbocycles. The Hall–Kier alpha value is -1.07. The Bertz CT molecular complexity index is 809. The fourth-order valence-corrected chi connectivity index (χ4v) is 6.63. The zero-order chi connectivity index (χ0) is 22.9. The summed E-state index contributed by atoms with van der Waals surface area (Å²) in [6.07, 6.45) is 17.4. The fourth-order valence-electron chi connectivity index (χ4n) is 5.58. The van der Waals surface area contributed by atoms with Crippen molar-refractivity contribution in [3.63, 3.8) is 0 Å². The summed E-state index contributed by atoms with van der Waals surface area (Å²) in [7, 11) is 0. The molecule has 2 fully saturated rings. The van der Waals surface area contributed by atoms with E-state index in [-0.39, 0.29) is 5.41 Å². The van der Waals surface area contributed by atoms with Crippen molar-refractivity contribution < 1.29 is 15.3 Å². The Kier molecular flexibility index (Phi) is 7.47. The lowest BCUT2D eigenvalue weighted by molar-refractivity contribution is -0.136. The molecule has 0 heterocycles. The van der Waals surface area contributed by atoms with Crippen LogP contribution in [0, 0.1) is 11.3 Å². The fraction of sp³-hybridized carbons (Fsp3) is 0.630. The van der Waals surface area contributed by atoms with E-state index >= 15 is 0 Å². The molecule has 3 aliphatic carbocycles. The lowest BCUT2D eigenvalue weighted by atomic mass is 9.64. The highest BCUT2D eigenvalue weighted by atomic mass is 32.2. The Morgan fingerprint density at radius 1 is 1.23 bits per heavy atom. The predicted octanol–water partition coefficient (Wildman–Crippen LogP) is 5.85. The van der Waals surface area contributed by atoms with Gasteiger partial charge in [0, 0.05) is 23.0 Å². The summed E-state index contributed by atoms with van der Waals surface area (Å²) in [6.45, 7) is 12.3. The van der Waals surface area contributed by atoms with Gasteiger partial charge in [0.25, 0.3) is 0 Å². The van der Waals surface area contributed by atoms with E-state index in [0.29, 0.717) is 23.2 Å². The van der Waals surface area contributed by atoms with Gasteiger partial charge < -0.3 is 15.3 Å². The maximum absolute atomic E-state index is 10.1. The molecule has 0 aliphatic heterocycles. The summed E-state index contributed by atoms with van der Waals surface area (Å²) in [6, 6.07) is 0. The monoisotopic (exact) mass is 444 g/mol. The molecule has 1 unspecified atom stereocenters. The van der Waals surface area contributed by atoms with Gasteiger partial charge in [0.15, 0.2) is 5.79 Å². The minimum Gasteiger partial charge on any atom is -0.386 e. The van der Waals surface area contributed by atoms with E-state index in [4.69, 9.17) is 0 Å². The van der Waals surface area contributed by atoms with Crippen molar-refractivity contribution in [2.75, 3.05) is 5.75 Å². The van der Waals surface area contributed by atoms with Crippen LogP contribution in [0.1, 0.15) is 72.6 Å². The largest absolute Gasteiger partial charge is 0.386 e. The van der Waals surface area contributed by atoms with Crippen LogP contribution in [0.25, 0.3) is 0 Å². The van der Waals surface area contributed by atoms with Gasteiger partial charge in [-0.1, -0.05) is 55.0 Å². The smallest absolute Gasteiger partial charge is 0.189 e. The van der Waals surface area contributed by atoms with Crippen molar-refractivity contribution in [1.29, 1.82) is 0 Å². The third-order valence-corrected chi connectivity index (χ3v) is 8.50. The zero-order valence-electron chi connectivity index (χ0n) is 19.7. The molecule has 31 heavy (non-hydrogen) atoms. The highest BCUT2D eigenvalue weighted by Crippen LogP contribution is 2.56. The highest BCUT2D eigenvalue weighted by molar-refractivity contribution is 8.00. The Morgan fingerprint density at radius 3 is 2.65 bits per heavy atom. The van der Waals surface area contributed by atoms with Crippen LogP contribution >= 0.6 is 11.8 Å². The van der Waals surface area contributed by atoms with Crippen LogP contribution in [0.4, 0.5) is 0 Å². The number of rotatable bonds is 6. The molecule has 3 rings (SSSR count). The molecule has 0 saturated heterocycles. The summed E-state index contributed by atoms with van der Waals surface area (Å²) in [5.74, 6) is -0.310. The van der Waals surface area contributed by atoms with Gasteiger partial charge in [-0.05, 0) is 76.2 Å². The van der Waals surface area contributed by atoms with E-state index < -0.39 is 11.4 Å². The average Bonchev–Trinajstić information content (AvgIpc) is 3.03. The first-order chi connectivity index (χ1) is 14.4. The molecule has 2 saturated carbocycles. The van der Waals surface area contributed by atoms with Crippen molar-refractivity contribution in [2.45, 2.75) is 89.3 Å². The quantitative estimate of drug-likeness (QED) is 0.355. The predicted molar refractivity (Wildman–Crippen MR) is 132 cm³/mol. The van der Waals surface area contributed by atoms with Gasteiger partial charge in [-0.25, -0.2) is 0 Å². The molecule has 3 aliphatic rings. The molecular weight excluding hydrogens is 404 g/mol. The summed E-state index contributed by atoms with van der Waals surface area (Å²) < 4.78 is 0. The van der Waals surface area contributed by atoms with Crippen LogP contribution in [0.3, 0.4) is 0 Å². The second-order valence-electron chi connectivity index (χ2n) is 10.3. The minimum absolute atomic E-state index is 0.205. The van der Waals surface area contributed by atoms with Crippen LogP contribution in [0.15, 0.2) is 59.3 Å². The highest BCUT2D eigenvalue weighted by Gasteiger charge is 2.46. The van der Waals surface area contributed by atoms with Crippen LogP contribution < -0.4 is 0 Å². The number of fused-ring (bicyclic) bond motifs is 1. The van der Waals surface area contributed by atoms with Gasteiger partial charge in [-0.3, -0.25) is 0 Å². The molecule has 4 heteroatoms. The van der Waals surface area contributed by atoms with Crippen molar-refractivity contribution in [2.24, 2.45) is 11.3 Å². The second-order valence-corrected chi connectivity index (χ2v) is 11.7. The third-order valence-electron chi connectivity index (χ3n) is 7.36. The van der Waals surface area contributed by atoms with Crippen molar-refractivity contribution in [3.8, 4) is 0 Å². The van der Waals surface area contributed by atoms with E-state index in [1.807, 2.05) is 17.8 Å². The van der Waals surface area contributed by atoms with Gasteiger partial charge in [0.2, 0.25) is 0 Å². The van der Waals surface area contributed by atoms with Gasteiger partial charge in [-0.15, -0.1) is 0 Å². The van der Waals surface area contributed by atoms with Gasteiger partial charge in [0.1, 0.15) is 0 Å². The SMILES string of the molecule is C=C1/C(=C\C=C2/CCC[C@]3(C)C(C(C)SC/C=C/C(C)(C)O)=CC[C@@H]23)CCCC1(O)O. The van der Waals surface area contributed by atoms with Crippen molar-refractivity contribution in [1.82, 2.24) is 0 Å². The maximum atomic E-state index is 10.1. The maximum Gasteiger partial charge on any atom is 0.189 e. The number of thioether (sulfide) groups is 1. The number of aliphatic hydroxyl groups is 3. The molecular formula is C27H40O3S. The van der Waals surface area contributed by atoms with Gasteiger partial charge in [-0.2, -0.15) is 11.8 Å². The first-order valence-electron chi connectivity index (χ1n) is 11.7. The van der Waals surface area contributed by atoms with Crippen LogP contribution in [-0.4, -0.2) is 37.7 Å². The number of hydrogen-bond donors (Lipinski definition) is 3. The van der Waals surface area contributed by atoms with E-state index in [1.54, 1.807) is 19.4 Å². The number of hydrogen-bond acceptors (Lipinski definition) is 4. The third kappa shape index (κ3) is 5.65. The second kappa shape index (κ2) is 9.43. The van der Waals surface area contributed by atoms with Crippen molar-refractivity contribution >= 4 is 11.8 Å². The first-order valence-corrected chi connectivity index (χ1v) is 12.8. The molecule has 3 atom stereocenters. The van der Waals surface area contributed by atoms with Crippen LogP contribution in [0.2, 0.25) is 0 Å². The van der Waals surface area contributed by atoms with E-state index in [1.165, 1.54) is 18.4 Å². The van der Waals surface area contributed by atoms with Gasteiger partial charge in [0.05, 0.1) is 5.60 Å². The summed E-state index contributed by atoms with van der Waals surface area (Å²) in [5.41, 5.74) is 3.96. The minimum atomic E-state index is -1.75. The molecule has 0 radical (unpaired) electrons. The number of allylic oxidation sites excluding steroid dienone is 4. The van der Waals surface area contributed by atoms with E-state index in [9.17, 15) is 15.3 Å². The average molecular weight is 445 g/mol. The van der Waals surface area contributed by atoms with Crippen LogP contribution in [0.5, 0.6) is 0 Å². The summed E-state index contributed by atoms with van der Waals surface area (Å²) in [5, 5.41) is 30.6. The molecule has 0 aromatic rings. The lowest BCUT2D eigenvalue weighted by Gasteiger charge is -2.42. The normalized spacial score (nSPS) is 32.5. The summed E-state index contributed by atoms with van der Waals surface area (Å²) >= 11 is 1.94. The summed E-state index contributed by atoms with van der Waals surface area (Å²) in [4.78, 5) is 0. The Labute approximate surface area is 192 Å². The standard InChI is InChI=1S/C27H40O3S/c1-19-21(9-7-17-27(19,29)30)11-12-22-10-6-16-26(5)23(13-14-24(22)26)20(2)31-18-8-15-25(3,4)28/h8,11-13,15,20,24,28-30H,1,6-7,9-10,14,16-18H2,2-5H3/b15-8+,21-11-,22-12+/t20?,24-,26+/m0/s1. The molecule has 0 bridgehead atoms. The van der Waals surface area contributed by atoms with E-state index in [2.05, 4.69) is 44.7 Å². The lowest BCUT2D eigenvalue weighted by Crippen LogP contribution is -2.34. The Morgan fingerprint density at radius 2 is 1.94 bits per heavy atom. The molecule has 0 amide bonds. The van der Waals surface area contributed by atoms with Crippen molar-refractivity contribution in [3.05, 3.63) is 59.3 Å². The Balaban J connectivity index is 1.70. The van der Waals surface area contributed by atoms with E-state index in [0.717, 1.165) is 37.0 Å². The molecule has 3 nitrogen and oxygen atoms in total. The molecule has 0 aromatic heterocycles. The molecule has 3 N–H and O–H groups in total. The topological polar surface area (TPSA) is 60.7 Å². The zero-order valence-corrected chi connectivity index (χ0v) is 20.5.